The van der Waals surface area contributed by atoms with Gasteiger partial charge in [-0.2, -0.15) is 0 Å². The molecule has 0 unspecified atom stereocenters. The highest BCUT2D eigenvalue weighted by molar-refractivity contribution is 6.30. The van der Waals surface area contributed by atoms with Crippen LogP contribution in [0.1, 0.15) is 46.6 Å². The molecule has 4 nitrogen and oxygen atoms in total. The Morgan fingerprint density at radius 3 is 2.43 bits per heavy atom. The van der Waals surface area contributed by atoms with E-state index in [1.807, 2.05) is 40.7 Å². The lowest BCUT2D eigenvalue weighted by Crippen LogP contribution is -2.45. The number of ether oxygens (including phenoxy) is 1. The van der Waals surface area contributed by atoms with Crippen LogP contribution in [0.25, 0.3) is 0 Å². The van der Waals surface area contributed by atoms with Crippen LogP contribution in [0.3, 0.4) is 0 Å². The lowest BCUT2D eigenvalue weighted by atomic mass is 10.0. The summed E-state index contributed by atoms with van der Waals surface area (Å²) in [6.07, 6.45) is 0.716. The SMILES string of the molecule is CC(C)C[C@H](NC(=O)Cc1cccc(Cl)c1)C(=O)OC(C)(C)C. The van der Waals surface area contributed by atoms with E-state index in [1.54, 1.807) is 18.2 Å². The van der Waals surface area contributed by atoms with Crippen molar-refractivity contribution in [2.24, 2.45) is 5.92 Å². The quantitative estimate of drug-likeness (QED) is 0.803. The van der Waals surface area contributed by atoms with E-state index in [9.17, 15) is 9.59 Å². The lowest BCUT2D eigenvalue weighted by molar-refractivity contribution is -0.159. The van der Waals surface area contributed by atoms with Gasteiger partial charge in [0.1, 0.15) is 11.6 Å². The van der Waals surface area contributed by atoms with E-state index < -0.39 is 17.6 Å². The molecule has 5 heteroatoms. The highest BCUT2D eigenvalue weighted by atomic mass is 35.5. The van der Waals surface area contributed by atoms with Crippen LogP contribution in [0, 0.1) is 5.92 Å². The van der Waals surface area contributed by atoms with Gasteiger partial charge in [-0.1, -0.05) is 37.6 Å². The van der Waals surface area contributed by atoms with Gasteiger partial charge in [-0.15, -0.1) is 0 Å². The minimum absolute atomic E-state index is 0.179. The molecule has 1 aromatic rings. The van der Waals surface area contributed by atoms with Gasteiger partial charge in [0, 0.05) is 5.02 Å². The Labute approximate surface area is 143 Å². The molecule has 1 N–H and O–H groups in total. The zero-order valence-corrected chi connectivity index (χ0v) is 15.2. The Hall–Kier alpha value is -1.55. The summed E-state index contributed by atoms with van der Waals surface area (Å²) in [4.78, 5) is 24.5. The Kier molecular flexibility index (Phi) is 7.07. The van der Waals surface area contributed by atoms with Crippen molar-refractivity contribution in [3.63, 3.8) is 0 Å². The molecule has 0 saturated carbocycles. The van der Waals surface area contributed by atoms with Crippen LogP contribution in [-0.2, 0) is 20.7 Å². The average molecular weight is 340 g/mol. The molecule has 0 radical (unpaired) electrons. The molecule has 0 aliphatic rings. The molecule has 128 valence electrons. The first-order valence-electron chi connectivity index (χ1n) is 7.83. The number of halogens is 1. The van der Waals surface area contributed by atoms with Crippen LogP contribution in [0.4, 0.5) is 0 Å². The summed E-state index contributed by atoms with van der Waals surface area (Å²) in [7, 11) is 0. The Balaban J connectivity index is 2.72. The van der Waals surface area contributed by atoms with Crippen LogP contribution >= 0.6 is 11.6 Å². The van der Waals surface area contributed by atoms with Crippen LogP contribution in [0.5, 0.6) is 0 Å². The van der Waals surface area contributed by atoms with E-state index in [4.69, 9.17) is 16.3 Å². The number of benzene rings is 1. The number of carbonyl (C=O) groups is 2. The van der Waals surface area contributed by atoms with Crippen molar-refractivity contribution in [2.45, 2.75) is 59.1 Å². The van der Waals surface area contributed by atoms with Crippen molar-refractivity contribution in [3.8, 4) is 0 Å². The van der Waals surface area contributed by atoms with Gasteiger partial charge < -0.3 is 10.1 Å². The third-order valence-electron chi connectivity index (χ3n) is 2.99. The van der Waals surface area contributed by atoms with Gasteiger partial charge in [0.15, 0.2) is 0 Å². The maximum Gasteiger partial charge on any atom is 0.329 e. The van der Waals surface area contributed by atoms with Gasteiger partial charge in [-0.25, -0.2) is 4.79 Å². The van der Waals surface area contributed by atoms with Crippen molar-refractivity contribution < 1.29 is 14.3 Å². The summed E-state index contributed by atoms with van der Waals surface area (Å²) in [6.45, 7) is 9.43. The normalized spacial score (nSPS) is 12.8. The third-order valence-corrected chi connectivity index (χ3v) is 3.22. The fourth-order valence-corrected chi connectivity index (χ4v) is 2.35. The smallest absolute Gasteiger partial charge is 0.329 e. The van der Waals surface area contributed by atoms with Crippen LogP contribution < -0.4 is 5.32 Å². The average Bonchev–Trinajstić information content (AvgIpc) is 2.35. The molecule has 1 rings (SSSR count). The summed E-state index contributed by atoms with van der Waals surface area (Å²) in [5.41, 5.74) is 0.228. The standard InChI is InChI=1S/C18H26ClNO3/c1-12(2)9-15(17(22)23-18(3,4)5)20-16(21)11-13-7-6-8-14(19)10-13/h6-8,10,12,15H,9,11H2,1-5H3,(H,20,21)/t15-/m0/s1. The van der Waals surface area contributed by atoms with Gasteiger partial charge in [0.05, 0.1) is 6.42 Å². The molecule has 23 heavy (non-hydrogen) atoms. The molecular weight excluding hydrogens is 314 g/mol. The van der Waals surface area contributed by atoms with Crippen molar-refractivity contribution in [2.75, 3.05) is 0 Å². The van der Waals surface area contributed by atoms with Gasteiger partial charge >= 0.3 is 5.97 Å². The zero-order chi connectivity index (χ0) is 17.6. The third kappa shape index (κ3) is 8.03. The van der Waals surface area contributed by atoms with Crippen molar-refractivity contribution >= 4 is 23.5 Å². The molecule has 0 fully saturated rings. The van der Waals surface area contributed by atoms with Crippen molar-refractivity contribution in [1.82, 2.24) is 5.32 Å². The maximum atomic E-state index is 12.3. The first-order chi connectivity index (χ1) is 10.6. The number of amides is 1. The van der Waals surface area contributed by atoms with E-state index in [1.165, 1.54) is 0 Å². The molecule has 1 aromatic carbocycles. The monoisotopic (exact) mass is 339 g/mol. The van der Waals surface area contributed by atoms with Crippen molar-refractivity contribution in [1.29, 1.82) is 0 Å². The number of nitrogens with one attached hydrogen (secondary N) is 1. The van der Waals surface area contributed by atoms with Crippen molar-refractivity contribution in [3.05, 3.63) is 34.9 Å². The van der Waals surface area contributed by atoms with Crippen LogP contribution in [0.2, 0.25) is 5.02 Å². The molecular formula is C18H26ClNO3. The van der Waals surface area contributed by atoms with E-state index in [2.05, 4.69) is 5.32 Å². The Morgan fingerprint density at radius 2 is 1.91 bits per heavy atom. The van der Waals surface area contributed by atoms with E-state index in [0.717, 1.165) is 5.56 Å². The number of esters is 1. The fourth-order valence-electron chi connectivity index (χ4n) is 2.14. The summed E-state index contributed by atoms with van der Waals surface area (Å²) in [5.74, 6) is -0.353. The van der Waals surface area contributed by atoms with Gasteiger partial charge in [-0.05, 0) is 50.8 Å². The Morgan fingerprint density at radius 1 is 1.26 bits per heavy atom. The van der Waals surface area contributed by atoms with Gasteiger partial charge in [-0.3, -0.25) is 4.79 Å². The second-order valence-electron chi connectivity index (χ2n) is 7.09. The summed E-state index contributed by atoms with van der Waals surface area (Å²) >= 11 is 5.92. The summed E-state index contributed by atoms with van der Waals surface area (Å²) in [6, 6.07) is 6.49. The van der Waals surface area contributed by atoms with E-state index in [-0.39, 0.29) is 18.2 Å². The minimum Gasteiger partial charge on any atom is -0.458 e. The van der Waals surface area contributed by atoms with Gasteiger partial charge in [0.2, 0.25) is 5.91 Å². The largest absolute Gasteiger partial charge is 0.458 e. The molecule has 0 aliphatic carbocycles. The molecule has 0 saturated heterocycles. The predicted octanol–water partition coefficient (Wildman–Crippen LogP) is 3.76. The second-order valence-corrected chi connectivity index (χ2v) is 7.53. The molecule has 0 bridgehead atoms. The summed E-state index contributed by atoms with van der Waals surface area (Å²) < 4.78 is 5.40. The minimum atomic E-state index is -0.638. The molecule has 0 aromatic heterocycles. The Bertz CT molecular complexity index is 549. The zero-order valence-electron chi connectivity index (χ0n) is 14.5. The number of rotatable bonds is 6. The van der Waals surface area contributed by atoms with Crippen LogP contribution in [0.15, 0.2) is 24.3 Å². The highest BCUT2D eigenvalue weighted by Gasteiger charge is 2.27. The number of hydrogen-bond donors (Lipinski definition) is 1. The van der Waals surface area contributed by atoms with Crippen LogP contribution in [-0.4, -0.2) is 23.5 Å². The lowest BCUT2D eigenvalue weighted by Gasteiger charge is -2.25. The van der Waals surface area contributed by atoms with Gasteiger partial charge in [0.25, 0.3) is 0 Å². The molecule has 0 heterocycles. The summed E-state index contributed by atoms with van der Waals surface area (Å²) in [5, 5.41) is 3.37. The molecule has 1 atom stereocenters. The second kappa shape index (κ2) is 8.34. The number of carbonyl (C=O) groups excluding carboxylic acids is 2. The maximum absolute atomic E-state index is 12.3. The number of hydrogen-bond acceptors (Lipinski definition) is 3. The van der Waals surface area contributed by atoms with E-state index in [0.29, 0.717) is 11.4 Å². The fraction of sp³-hybridized carbons (Fsp3) is 0.556. The molecule has 1 amide bonds. The first kappa shape index (κ1) is 19.5. The van der Waals surface area contributed by atoms with E-state index >= 15 is 0 Å². The molecule has 0 spiro atoms. The predicted molar refractivity (Wildman–Crippen MR) is 92.4 cm³/mol. The first-order valence-corrected chi connectivity index (χ1v) is 8.21. The highest BCUT2D eigenvalue weighted by Crippen LogP contribution is 2.14. The topological polar surface area (TPSA) is 55.4 Å². The molecule has 0 aliphatic heterocycles.